The van der Waals surface area contributed by atoms with Crippen LogP contribution in [-0.4, -0.2) is 59.1 Å². The molecule has 2 amide bonds. The Balaban J connectivity index is 2.15. The van der Waals surface area contributed by atoms with Crippen molar-refractivity contribution in [1.82, 2.24) is 20.0 Å². The van der Waals surface area contributed by atoms with Gasteiger partial charge in [-0.3, -0.25) is 9.48 Å². The predicted molar refractivity (Wildman–Crippen MR) is 87.8 cm³/mol. The van der Waals surface area contributed by atoms with Gasteiger partial charge in [0.25, 0.3) is 5.91 Å². The van der Waals surface area contributed by atoms with Crippen molar-refractivity contribution in [3.05, 3.63) is 17.0 Å². The van der Waals surface area contributed by atoms with Crippen LogP contribution >= 0.6 is 0 Å². The minimum absolute atomic E-state index is 0.214. The van der Waals surface area contributed by atoms with Gasteiger partial charge in [0, 0.05) is 39.2 Å². The normalized spacial score (nSPS) is 14.3. The molecule has 8 nitrogen and oxygen atoms in total. The first-order valence-corrected chi connectivity index (χ1v) is 8.02. The summed E-state index contributed by atoms with van der Waals surface area (Å²) in [4.78, 5) is 26.3. The Kier molecular flexibility index (Phi) is 5.48. The van der Waals surface area contributed by atoms with E-state index in [1.807, 2.05) is 20.8 Å². The van der Waals surface area contributed by atoms with Crippen LogP contribution in [0.25, 0.3) is 0 Å². The lowest BCUT2D eigenvalue weighted by Gasteiger charge is -2.29. The molecule has 1 aromatic heterocycles. The SMILES string of the molecule is COCCNC(=O)c1c2c(nn1C)CCN(C(=O)OC(C)(C)C)C2. The van der Waals surface area contributed by atoms with E-state index in [0.717, 1.165) is 11.3 Å². The van der Waals surface area contributed by atoms with Crippen LogP contribution in [0.4, 0.5) is 4.79 Å². The number of amides is 2. The van der Waals surface area contributed by atoms with Crippen molar-refractivity contribution in [2.45, 2.75) is 39.3 Å². The number of hydrogen-bond acceptors (Lipinski definition) is 5. The maximum atomic E-state index is 12.4. The lowest BCUT2D eigenvalue weighted by atomic mass is 10.1. The molecule has 0 saturated carbocycles. The number of carbonyl (C=O) groups excluding carboxylic acids is 2. The number of aromatic nitrogens is 2. The Morgan fingerprint density at radius 2 is 2.04 bits per heavy atom. The molecule has 0 unspecified atom stereocenters. The van der Waals surface area contributed by atoms with E-state index in [-0.39, 0.29) is 12.0 Å². The molecule has 0 radical (unpaired) electrons. The van der Waals surface area contributed by atoms with Gasteiger partial charge in [-0.25, -0.2) is 4.79 Å². The largest absolute Gasteiger partial charge is 0.444 e. The monoisotopic (exact) mass is 338 g/mol. The Bertz CT molecular complexity index is 618. The molecule has 0 saturated heterocycles. The molecule has 0 spiro atoms. The molecule has 0 aliphatic carbocycles. The number of fused-ring (bicyclic) bond motifs is 1. The molecule has 2 rings (SSSR count). The van der Waals surface area contributed by atoms with E-state index in [4.69, 9.17) is 9.47 Å². The number of methoxy groups -OCH3 is 1. The van der Waals surface area contributed by atoms with Crippen molar-refractivity contribution < 1.29 is 19.1 Å². The van der Waals surface area contributed by atoms with E-state index in [9.17, 15) is 9.59 Å². The van der Waals surface area contributed by atoms with E-state index in [1.165, 1.54) is 0 Å². The molecule has 0 bridgehead atoms. The summed E-state index contributed by atoms with van der Waals surface area (Å²) in [5.74, 6) is -0.214. The fourth-order valence-corrected chi connectivity index (χ4v) is 2.62. The maximum Gasteiger partial charge on any atom is 0.410 e. The van der Waals surface area contributed by atoms with Crippen molar-refractivity contribution in [3.8, 4) is 0 Å². The average Bonchev–Trinajstić information content (AvgIpc) is 2.80. The second-order valence-electron chi connectivity index (χ2n) is 6.80. The molecule has 0 fully saturated rings. The highest BCUT2D eigenvalue weighted by molar-refractivity contribution is 5.94. The Morgan fingerprint density at radius 1 is 1.33 bits per heavy atom. The fourth-order valence-electron chi connectivity index (χ4n) is 2.62. The van der Waals surface area contributed by atoms with Crippen molar-refractivity contribution >= 4 is 12.0 Å². The molecule has 1 aliphatic rings. The van der Waals surface area contributed by atoms with E-state index in [2.05, 4.69) is 10.4 Å². The van der Waals surface area contributed by atoms with Crippen molar-refractivity contribution in [2.24, 2.45) is 7.05 Å². The maximum absolute atomic E-state index is 12.4. The van der Waals surface area contributed by atoms with Crippen LogP contribution < -0.4 is 5.32 Å². The van der Waals surface area contributed by atoms with Crippen LogP contribution in [0.15, 0.2) is 0 Å². The lowest BCUT2D eigenvalue weighted by Crippen LogP contribution is -2.40. The van der Waals surface area contributed by atoms with Gasteiger partial charge in [0.1, 0.15) is 11.3 Å². The highest BCUT2D eigenvalue weighted by atomic mass is 16.6. The van der Waals surface area contributed by atoms with Gasteiger partial charge in [-0.1, -0.05) is 0 Å². The van der Waals surface area contributed by atoms with Crippen LogP contribution in [0.5, 0.6) is 0 Å². The topological polar surface area (TPSA) is 85.7 Å². The highest BCUT2D eigenvalue weighted by Crippen LogP contribution is 2.23. The molecule has 1 aliphatic heterocycles. The third-order valence-electron chi connectivity index (χ3n) is 3.65. The number of rotatable bonds is 4. The number of aryl methyl sites for hydroxylation is 1. The van der Waals surface area contributed by atoms with E-state index >= 15 is 0 Å². The third kappa shape index (κ3) is 4.25. The third-order valence-corrected chi connectivity index (χ3v) is 3.65. The Hall–Kier alpha value is -2.09. The van der Waals surface area contributed by atoms with Gasteiger partial charge >= 0.3 is 6.09 Å². The molecule has 2 heterocycles. The zero-order valence-corrected chi connectivity index (χ0v) is 15.0. The van der Waals surface area contributed by atoms with Gasteiger partial charge in [-0.05, 0) is 20.8 Å². The second-order valence-corrected chi connectivity index (χ2v) is 6.80. The molecule has 134 valence electrons. The summed E-state index contributed by atoms with van der Waals surface area (Å²) >= 11 is 0. The molecule has 24 heavy (non-hydrogen) atoms. The quantitative estimate of drug-likeness (QED) is 0.831. The van der Waals surface area contributed by atoms with Crippen LogP contribution in [-0.2, 0) is 29.5 Å². The Labute approximate surface area is 142 Å². The molecule has 1 aromatic rings. The van der Waals surface area contributed by atoms with Crippen LogP contribution in [0.1, 0.15) is 42.5 Å². The summed E-state index contributed by atoms with van der Waals surface area (Å²) in [6.07, 6.45) is 0.232. The van der Waals surface area contributed by atoms with E-state index in [1.54, 1.807) is 23.7 Å². The van der Waals surface area contributed by atoms with Gasteiger partial charge in [0.05, 0.1) is 18.8 Å². The van der Waals surface area contributed by atoms with Crippen molar-refractivity contribution in [2.75, 3.05) is 26.8 Å². The molecule has 8 heteroatoms. The van der Waals surface area contributed by atoms with Crippen molar-refractivity contribution in [3.63, 3.8) is 0 Å². The standard InChI is InChI=1S/C16H26N4O4/c1-16(2,3)24-15(22)20-8-6-12-11(10-20)13(19(4)18-12)14(21)17-7-9-23-5/h6-10H2,1-5H3,(H,17,21). The number of hydrogen-bond donors (Lipinski definition) is 1. The second kappa shape index (κ2) is 7.21. The van der Waals surface area contributed by atoms with Gasteiger partial charge in [-0.2, -0.15) is 5.10 Å². The number of nitrogens with one attached hydrogen (secondary N) is 1. The number of nitrogens with zero attached hydrogens (tertiary/aromatic N) is 3. The summed E-state index contributed by atoms with van der Waals surface area (Å²) < 4.78 is 11.9. The van der Waals surface area contributed by atoms with Gasteiger partial charge < -0.3 is 19.7 Å². The lowest BCUT2D eigenvalue weighted by molar-refractivity contribution is 0.0222. The first kappa shape index (κ1) is 18.3. The zero-order valence-electron chi connectivity index (χ0n) is 15.0. The van der Waals surface area contributed by atoms with E-state index in [0.29, 0.717) is 38.4 Å². The van der Waals surface area contributed by atoms with Crippen LogP contribution in [0, 0.1) is 0 Å². The summed E-state index contributed by atoms with van der Waals surface area (Å²) in [6, 6.07) is 0. The van der Waals surface area contributed by atoms with E-state index < -0.39 is 5.60 Å². The van der Waals surface area contributed by atoms with Gasteiger partial charge in [0.15, 0.2) is 0 Å². The minimum atomic E-state index is -0.549. The summed E-state index contributed by atoms with van der Waals surface area (Å²) in [7, 11) is 3.32. The number of ether oxygens (including phenoxy) is 2. The van der Waals surface area contributed by atoms with Gasteiger partial charge in [0.2, 0.25) is 0 Å². The first-order chi connectivity index (χ1) is 11.2. The highest BCUT2D eigenvalue weighted by Gasteiger charge is 2.31. The molecule has 0 atom stereocenters. The summed E-state index contributed by atoms with van der Waals surface area (Å²) in [5.41, 5.74) is 1.57. The molecule has 0 aromatic carbocycles. The first-order valence-electron chi connectivity index (χ1n) is 8.02. The smallest absolute Gasteiger partial charge is 0.410 e. The Morgan fingerprint density at radius 3 is 2.67 bits per heavy atom. The molecule has 1 N–H and O–H groups in total. The minimum Gasteiger partial charge on any atom is -0.444 e. The zero-order chi connectivity index (χ0) is 17.9. The summed E-state index contributed by atoms with van der Waals surface area (Å²) in [6.45, 7) is 7.22. The van der Waals surface area contributed by atoms with Crippen LogP contribution in [0.2, 0.25) is 0 Å². The fraction of sp³-hybridized carbons (Fsp3) is 0.688. The average molecular weight is 338 g/mol. The number of carbonyl (C=O) groups is 2. The molecular weight excluding hydrogens is 312 g/mol. The molecular formula is C16H26N4O4. The van der Waals surface area contributed by atoms with Crippen LogP contribution in [0.3, 0.4) is 0 Å². The van der Waals surface area contributed by atoms with Crippen molar-refractivity contribution in [1.29, 1.82) is 0 Å². The summed E-state index contributed by atoms with van der Waals surface area (Å²) in [5, 5.41) is 7.21. The predicted octanol–water partition coefficient (Wildman–Crippen LogP) is 1.09. The van der Waals surface area contributed by atoms with Gasteiger partial charge in [-0.15, -0.1) is 0 Å².